The Morgan fingerprint density at radius 3 is 2.74 bits per heavy atom. The van der Waals surface area contributed by atoms with E-state index in [4.69, 9.17) is 16.3 Å². The number of hydrogen-bond acceptors (Lipinski definition) is 3. The third-order valence-corrected chi connectivity index (χ3v) is 2.80. The molecule has 1 amide bonds. The third-order valence-electron chi connectivity index (χ3n) is 2.37. The van der Waals surface area contributed by atoms with E-state index in [0.717, 1.165) is 18.7 Å². The topological polar surface area (TPSA) is 50.4 Å². The molecule has 108 valence electrons. The van der Waals surface area contributed by atoms with Crippen molar-refractivity contribution in [3.05, 3.63) is 28.8 Å². The van der Waals surface area contributed by atoms with Crippen molar-refractivity contribution in [3.63, 3.8) is 0 Å². The van der Waals surface area contributed by atoms with Gasteiger partial charge in [-0.25, -0.2) is 0 Å². The molecule has 2 N–H and O–H groups in total. The molecule has 0 saturated heterocycles. The minimum atomic E-state index is -0.125. The zero-order valence-electron chi connectivity index (χ0n) is 11.2. The first-order valence-electron chi connectivity index (χ1n) is 6.00. The molecule has 0 spiro atoms. The van der Waals surface area contributed by atoms with Crippen molar-refractivity contribution >= 4 is 29.9 Å². The highest BCUT2D eigenvalue weighted by Gasteiger charge is 2.03. The highest BCUT2D eigenvalue weighted by atomic mass is 35.5. The van der Waals surface area contributed by atoms with E-state index in [-0.39, 0.29) is 24.9 Å². The second-order valence-electron chi connectivity index (χ2n) is 3.90. The fraction of sp³-hybridized carbons (Fsp3) is 0.462. The van der Waals surface area contributed by atoms with Crippen LogP contribution in [0.25, 0.3) is 0 Å². The third kappa shape index (κ3) is 7.25. The average molecular weight is 307 g/mol. The van der Waals surface area contributed by atoms with Crippen molar-refractivity contribution in [1.82, 2.24) is 10.6 Å². The SMILES string of the molecule is CCNCCNC(=O)COc1ccc(Cl)c(C)c1.Cl. The Morgan fingerprint density at radius 1 is 1.37 bits per heavy atom. The number of carbonyl (C=O) groups is 1. The maximum absolute atomic E-state index is 11.4. The predicted octanol–water partition coefficient (Wildman–Crippen LogP) is 2.17. The second-order valence-corrected chi connectivity index (χ2v) is 4.31. The molecule has 0 aromatic heterocycles. The van der Waals surface area contributed by atoms with Crippen LogP contribution >= 0.6 is 24.0 Å². The van der Waals surface area contributed by atoms with Crippen molar-refractivity contribution in [2.24, 2.45) is 0 Å². The van der Waals surface area contributed by atoms with E-state index < -0.39 is 0 Å². The zero-order chi connectivity index (χ0) is 13.4. The second kappa shape index (κ2) is 9.89. The number of amides is 1. The number of ether oxygens (including phenoxy) is 1. The molecule has 0 aliphatic rings. The van der Waals surface area contributed by atoms with Crippen LogP contribution in [0.5, 0.6) is 5.75 Å². The zero-order valence-corrected chi connectivity index (χ0v) is 12.7. The molecule has 0 saturated carbocycles. The van der Waals surface area contributed by atoms with E-state index in [1.807, 2.05) is 19.9 Å². The number of rotatable bonds is 7. The van der Waals surface area contributed by atoms with Crippen LogP contribution in [0, 0.1) is 6.92 Å². The van der Waals surface area contributed by atoms with Gasteiger partial charge in [0.05, 0.1) is 0 Å². The summed E-state index contributed by atoms with van der Waals surface area (Å²) in [7, 11) is 0. The summed E-state index contributed by atoms with van der Waals surface area (Å²) in [6, 6.07) is 5.32. The summed E-state index contributed by atoms with van der Waals surface area (Å²) < 4.78 is 5.37. The fourth-order valence-electron chi connectivity index (χ4n) is 1.37. The Balaban J connectivity index is 0.00000324. The van der Waals surface area contributed by atoms with Crippen LogP contribution in [-0.4, -0.2) is 32.1 Å². The molecular formula is C13H20Cl2N2O2. The molecule has 0 aliphatic heterocycles. The molecule has 1 aromatic carbocycles. The van der Waals surface area contributed by atoms with E-state index in [2.05, 4.69) is 10.6 Å². The van der Waals surface area contributed by atoms with Crippen molar-refractivity contribution in [2.45, 2.75) is 13.8 Å². The number of likely N-dealkylation sites (N-methyl/N-ethyl adjacent to an activating group) is 1. The van der Waals surface area contributed by atoms with Crippen LogP contribution in [0.4, 0.5) is 0 Å². The summed E-state index contributed by atoms with van der Waals surface area (Å²) in [5, 5.41) is 6.57. The van der Waals surface area contributed by atoms with E-state index in [9.17, 15) is 4.79 Å². The molecule has 0 heterocycles. The summed E-state index contributed by atoms with van der Waals surface area (Å²) in [6.07, 6.45) is 0. The molecule has 6 heteroatoms. The van der Waals surface area contributed by atoms with E-state index >= 15 is 0 Å². The first-order chi connectivity index (χ1) is 8.63. The minimum Gasteiger partial charge on any atom is -0.484 e. The fourth-order valence-corrected chi connectivity index (χ4v) is 1.49. The number of hydrogen-bond donors (Lipinski definition) is 2. The van der Waals surface area contributed by atoms with Crippen LogP contribution in [0.1, 0.15) is 12.5 Å². The standard InChI is InChI=1S/C13H19ClN2O2.ClH/c1-3-15-6-7-16-13(17)9-18-11-4-5-12(14)10(2)8-11;/h4-5,8,15H,3,6-7,9H2,1-2H3,(H,16,17);1H. The van der Waals surface area contributed by atoms with Gasteiger partial charge in [-0.1, -0.05) is 18.5 Å². The monoisotopic (exact) mass is 306 g/mol. The quantitative estimate of drug-likeness (QED) is 0.759. The van der Waals surface area contributed by atoms with Gasteiger partial charge in [-0.15, -0.1) is 12.4 Å². The average Bonchev–Trinajstić information content (AvgIpc) is 2.36. The van der Waals surface area contributed by atoms with E-state index in [1.54, 1.807) is 12.1 Å². The summed E-state index contributed by atoms with van der Waals surface area (Å²) in [6.45, 7) is 6.21. The van der Waals surface area contributed by atoms with Gasteiger partial charge in [0.15, 0.2) is 6.61 Å². The predicted molar refractivity (Wildman–Crippen MR) is 80.5 cm³/mol. The van der Waals surface area contributed by atoms with Crippen molar-refractivity contribution < 1.29 is 9.53 Å². The molecule has 4 nitrogen and oxygen atoms in total. The van der Waals surface area contributed by atoms with Gasteiger partial charge < -0.3 is 15.4 Å². The minimum absolute atomic E-state index is 0. The Bertz CT molecular complexity index is 400. The number of benzene rings is 1. The summed E-state index contributed by atoms with van der Waals surface area (Å²) in [4.78, 5) is 11.4. The Labute approximate surface area is 125 Å². The lowest BCUT2D eigenvalue weighted by molar-refractivity contribution is -0.123. The first-order valence-corrected chi connectivity index (χ1v) is 6.37. The summed E-state index contributed by atoms with van der Waals surface area (Å²) >= 11 is 5.90. The molecule has 0 aliphatic carbocycles. The summed E-state index contributed by atoms with van der Waals surface area (Å²) in [5.74, 6) is 0.527. The Morgan fingerprint density at radius 2 is 2.11 bits per heavy atom. The number of carbonyl (C=O) groups excluding carboxylic acids is 1. The maximum atomic E-state index is 11.4. The summed E-state index contributed by atoms with van der Waals surface area (Å²) in [5.41, 5.74) is 0.932. The van der Waals surface area contributed by atoms with Crippen LogP contribution in [0.15, 0.2) is 18.2 Å². The van der Waals surface area contributed by atoms with Gasteiger partial charge in [-0.05, 0) is 37.2 Å². The van der Waals surface area contributed by atoms with Crippen LogP contribution < -0.4 is 15.4 Å². The molecule has 1 aromatic rings. The van der Waals surface area contributed by atoms with Crippen molar-refractivity contribution in [2.75, 3.05) is 26.2 Å². The molecule has 1 rings (SSSR count). The first kappa shape index (κ1) is 18.0. The highest BCUT2D eigenvalue weighted by molar-refractivity contribution is 6.31. The van der Waals surface area contributed by atoms with Gasteiger partial charge >= 0.3 is 0 Å². The lowest BCUT2D eigenvalue weighted by atomic mass is 10.2. The molecule has 19 heavy (non-hydrogen) atoms. The lowest BCUT2D eigenvalue weighted by Gasteiger charge is -2.08. The maximum Gasteiger partial charge on any atom is 0.257 e. The van der Waals surface area contributed by atoms with E-state index in [1.165, 1.54) is 0 Å². The van der Waals surface area contributed by atoms with Gasteiger partial charge in [-0.3, -0.25) is 4.79 Å². The molecule has 0 fully saturated rings. The molecule has 0 bridgehead atoms. The van der Waals surface area contributed by atoms with Gasteiger partial charge in [0.2, 0.25) is 0 Å². The van der Waals surface area contributed by atoms with Crippen LogP contribution in [0.2, 0.25) is 5.02 Å². The van der Waals surface area contributed by atoms with Gasteiger partial charge in [0.25, 0.3) is 5.91 Å². The van der Waals surface area contributed by atoms with E-state index in [0.29, 0.717) is 17.3 Å². The largest absolute Gasteiger partial charge is 0.484 e. The number of aryl methyl sites for hydroxylation is 1. The Kier molecular flexibility index (Phi) is 9.39. The molecule has 0 atom stereocenters. The highest BCUT2D eigenvalue weighted by Crippen LogP contribution is 2.20. The van der Waals surface area contributed by atoms with Crippen molar-refractivity contribution in [3.8, 4) is 5.75 Å². The van der Waals surface area contributed by atoms with Gasteiger partial charge in [0, 0.05) is 18.1 Å². The molecular weight excluding hydrogens is 287 g/mol. The van der Waals surface area contributed by atoms with Gasteiger partial charge in [-0.2, -0.15) is 0 Å². The molecule has 0 unspecified atom stereocenters. The Hall–Kier alpha value is -0.970. The van der Waals surface area contributed by atoms with Crippen LogP contribution in [-0.2, 0) is 4.79 Å². The molecule has 0 radical (unpaired) electrons. The normalized spacial score (nSPS) is 9.63. The van der Waals surface area contributed by atoms with Gasteiger partial charge in [0.1, 0.15) is 5.75 Å². The van der Waals surface area contributed by atoms with Crippen molar-refractivity contribution in [1.29, 1.82) is 0 Å². The van der Waals surface area contributed by atoms with Crippen LogP contribution in [0.3, 0.4) is 0 Å². The smallest absolute Gasteiger partial charge is 0.257 e. The lowest BCUT2D eigenvalue weighted by Crippen LogP contribution is -2.34. The number of halogens is 2. The number of nitrogens with one attached hydrogen (secondary N) is 2.